The summed E-state index contributed by atoms with van der Waals surface area (Å²) in [6.45, 7) is 0.674. The average Bonchev–Trinajstić information content (AvgIpc) is 2.19. The molecule has 2 N–H and O–H groups in total. The molecule has 0 fully saturated rings. The molecule has 14 heavy (non-hydrogen) atoms. The van der Waals surface area contributed by atoms with Crippen LogP contribution in [0.5, 0.6) is 0 Å². The van der Waals surface area contributed by atoms with Crippen molar-refractivity contribution in [3.63, 3.8) is 0 Å². The molecule has 5 nitrogen and oxygen atoms in total. The summed E-state index contributed by atoms with van der Waals surface area (Å²) < 4.78 is 0. The summed E-state index contributed by atoms with van der Waals surface area (Å²) in [4.78, 5) is 13.9. The fraction of sp³-hybridized carbons (Fsp3) is 0.444. The molecule has 0 bridgehead atoms. The van der Waals surface area contributed by atoms with E-state index in [4.69, 9.17) is 5.73 Å². The first-order chi connectivity index (χ1) is 6.74. The number of rotatable bonds is 5. The maximum atomic E-state index is 10.3. The number of nitrogens with two attached hydrogens (primary N) is 1. The predicted molar refractivity (Wildman–Crippen MR) is 52.9 cm³/mol. The van der Waals surface area contributed by atoms with Crippen LogP contribution in [-0.4, -0.2) is 16.5 Å². The molecule has 0 radical (unpaired) electrons. The lowest BCUT2D eigenvalue weighted by molar-refractivity contribution is -0.385. The SMILES string of the molecule is NCCCCc1ccc([N+](=O)[O-])cn1. The first kappa shape index (κ1) is 10.6. The number of hydrogen-bond donors (Lipinski definition) is 1. The van der Waals surface area contributed by atoms with E-state index in [-0.39, 0.29) is 5.69 Å². The minimum absolute atomic E-state index is 0.0348. The highest BCUT2D eigenvalue weighted by Crippen LogP contribution is 2.10. The van der Waals surface area contributed by atoms with Gasteiger partial charge in [-0.25, -0.2) is 0 Å². The highest BCUT2D eigenvalue weighted by Gasteiger charge is 2.04. The monoisotopic (exact) mass is 195 g/mol. The van der Waals surface area contributed by atoms with Crippen molar-refractivity contribution < 1.29 is 4.92 Å². The third kappa shape index (κ3) is 3.10. The van der Waals surface area contributed by atoms with Crippen LogP contribution in [0.15, 0.2) is 18.3 Å². The van der Waals surface area contributed by atoms with Crippen LogP contribution in [0.1, 0.15) is 18.5 Å². The maximum absolute atomic E-state index is 10.3. The van der Waals surface area contributed by atoms with Gasteiger partial charge in [-0.15, -0.1) is 0 Å². The van der Waals surface area contributed by atoms with Gasteiger partial charge in [-0.1, -0.05) is 0 Å². The van der Waals surface area contributed by atoms with Gasteiger partial charge in [0.2, 0.25) is 0 Å². The number of hydrogen-bond acceptors (Lipinski definition) is 4. The van der Waals surface area contributed by atoms with Crippen molar-refractivity contribution in [2.24, 2.45) is 5.73 Å². The van der Waals surface area contributed by atoms with Crippen LogP contribution in [0.4, 0.5) is 5.69 Å². The van der Waals surface area contributed by atoms with E-state index in [0.29, 0.717) is 6.54 Å². The van der Waals surface area contributed by atoms with Crippen molar-refractivity contribution >= 4 is 5.69 Å². The molecular formula is C9H13N3O2. The standard InChI is InChI=1S/C9H13N3O2/c10-6-2-1-3-8-4-5-9(7-11-8)12(13)14/h4-5,7H,1-3,6,10H2. The van der Waals surface area contributed by atoms with E-state index in [1.165, 1.54) is 12.3 Å². The molecule has 1 aromatic rings. The fourth-order valence-electron chi connectivity index (χ4n) is 1.12. The van der Waals surface area contributed by atoms with Crippen molar-refractivity contribution in [1.29, 1.82) is 0 Å². The summed E-state index contributed by atoms with van der Waals surface area (Å²) in [7, 11) is 0. The normalized spacial score (nSPS) is 10.1. The van der Waals surface area contributed by atoms with Crippen molar-refractivity contribution in [2.75, 3.05) is 6.54 Å². The summed E-state index contributed by atoms with van der Waals surface area (Å²) in [5.41, 5.74) is 6.26. The molecule has 0 spiro atoms. The Bertz CT molecular complexity index is 297. The molecule has 76 valence electrons. The van der Waals surface area contributed by atoms with E-state index < -0.39 is 4.92 Å². The Labute approximate surface area is 82.1 Å². The molecule has 0 aliphatic heterocycles. The first-order valence-corrected chi connectivity index (χ1v) is 4.53. The van der Waals surface area contributed by atoms with Gasteiger partial charge in [0.05, 0.1) is 4.92 Å². The Morgan fingerprint density at radius 3 is 2.71 bits per heavy atom. The van der Waals surface area contributed by atoms with E-state index in [2.05, 4.69) is 4.98 Å². The van der Waals surface area contributed by atoms with E-state index in [9.17, 15) is 10.1 Å². The summed E-state index contributed by atoms with van der Waals surface area (Å²) in [5, 5.41) is 10.3. The molecule has 0 amide bonds. The van der Waals surface area contributed by atoms with E-state index >= 15 is 0 Å². The van der Waals surface area contributed by atoms with Crippen LogP contribution >= 0.6 is 0 Å². The zero-order valence-corrected chi connectivity index (χ0v) is 7.85. The Hall–Kier alpha value is -1.49. The van der Waals surface area contributed by atoms with Crippen molar-refractivity contribution in [2.45, 2.75) is 19.3 Å². The number of pyridine rings is 1. The summed E-state index contributed by atoms with van der Waals surface area (Å²) in [6.07, 6.45) is 4.05. The molecular weight excluding hydrogens is 182 g/mol. The lowest BCUT2D eigenvalue weighted by Gasteiger charge is -1.98. The highest BCUT2D eigenvalue weighted by atomic mass is 16.6. The van der Waals surface area contributed by atoms with Crippen LogP contribution in [0.25, 0.3) is 0 Å². The van der Waals surface area contributed by atoms with Crippen LogP contribution in [-0.2, 0) is 6.42 Å². The topological polar surface area (TPSA) is 82.0 Å². The van der Waals surface area contributed by atoms with Gasteiger partial charge in [0.25, 0.3) is 5.69 Å². The third-order valence-corrected chi connectivity index (χ3v) is 1.91. The number of unbranched alkanes of at least 4 members (excludes halogenated alkanes) is 1. The Kier molecular flexibility index (Phi) is 4.00. The van der Waals surface area contributed by atoms with Gasteiger partial charge in [-0.2, -0.15) is 0 Å². The Morgan fingerprint density at radius 2 is 2.21 bits per heavy atom. The molecule has 1 heterocycles. The molecule has 5 heteroatoms. The molecule has 0 aliphatic rings. The van der Waals surface area contributed by atoms with Gasteiger partial charge in [0.15, 0.2) is 0 Å². The second-order valence-electron chi connectivity index (χ2n) is 3.01. The molecule has 0 atom stereocenters. The average molecular weight is 195 g/mol. The van der Waals surface area contributed by atoms with Gasteiger partial charge < -0.3 is 5.73 Å². The maximum Gasteiger partial charge on any atom is 0.287 e. The Morgan fingerprint density at radius 1 is 1.43 bits per heavy atom. The van der Waals surface area contributed by atoms with Crippen LogP contribution in [0.2, 0.25) is 0 Å². The molecule has 0 unspecified atom stereocenters. The zero-order valence-electron chi connectivity index (χ0n) is 7.85. The molecule has 1 rings (SSSR count). The first-order valence-electron chi connectivity index (χ1n) is 4.53. The summed E-state index contributed by atoms with van der Waals surface area (Å²) in [5.74, 6) is 0. The number of aryl methyl sites for hydroxylation is 1. The molecule has 0 aliphatic carbocycles. The van der Waals surface area contributed by atoms with Gasteiger partial charge >= 0.3 is 0 Å². The van der Waals surface area contributed by atoms with E-state index in [1.807, 2.05) is 0 Å². The smallest absolute Gasteiger partial charge is 0.287 e. The van der Waals surface area contributed by atoms with Gasteiger partial charge in [-0.3, -0.25) is 15.1 Å². The van der Waals surface area contributed by atoms with Crippen LogP contribution in [0.3, 0.4) is 0 Å². The molecule has 0 saturated carbocycles. The zero-order chi connectivity index (χ0) is 10.4. The second-order valence-corrected chi connectivity index (χ2v) is 3.01. The van der Waals surface area contributed by atoms with E-state index in [0.717, 1.165) is 25.0 Å². The van der Waals surface area contributed by atoms with Gasteiger partial charge in [0, 0.05) is 11.8 Å². The second kappa shape index (κ2) is 5.29. The molecule has 1 aromatic heterocycles. The number of nitrogens with zero attached hydrogens (tertiary/aromatic N) is 2. The van der Waals surface area contributed by atoms with Crippen molar-refractivity contribution in [3.8, 4) is 0 Å². The van der Waals surface area contributed by atoms with Crippen molar-refractivity contribution in [1.82, 2.24) is 4.98 Å². The largest absolute Gasteiger partial charge is 0.330 e. The lowest BCUT2D eigenvalue weighted by atomic mass is 10.2. The van der Waals surface area contributed by atoms with Gasteiger partial charge in [-0.05, 0) is 31.9 Å². The Balaban J connectivity index is 2.51. The number of aromatic nitrogens is 1. The summed E-state index contributed by atoms with van der Waals surface area (Å²) in [6, 6.07) is 3.17. The molecule has 0 aromatic carbocycles. The minimum Gasteiger partial charge on any atom is -0.330 e. The van der Waals surface area contributed by atoms with Gasteiger partial charge in [0.1, 0.15) is 6.20 Å². The lowest BCUT2D eigenvalue weighted by Crippen LogP contribution is -2.00. The van der Waals surface area contributed by atoms with E-state index in [1.54, 1.807) is 6.07 Å². The number of nitro groups is 1. The quantitative estimate of drug-likeness (QED) is 0.435. The highest BCUT2D eigenvalue weighted by molar-refractivity contribution is 5.26. The van der Waals surface area contributed by atoms with Crippen LogP contribution < -0.4 is 5.73 Å². The predicted octanol–water partition coefficient (Wildman–Crippen LogP) is 1.27. The minimum atomic E-state index is -0.448. The van der Waals surface area contributed by atoms with Crippen LogP contribution in [0, 0.1) is 10.1 Å². The van der Waals surface area contributed by atoms with Crippen molar-refractivity contribution in [3.05, 3.63) is 34.1 Å². The third-order valence-electron chi connectivity index (χ3n) is 1.91. The fourth-order valence-corrected chi connectivity index (χ4v) is 1.12. The summed E-state index contributed by atoms with van der Waals surface area (Å²) >= 11 is 0. The molecule has 0 saturated heterocycles.